The highest BCUT2D eigenvalue weighted by Crippen LogP contribution is 2.48. The van der Waals surface area contributed by atoms with Gasteiger partial charge in [0.25, 0.3) is 0 Å². The fraction of sp³-hybridized carbons (Fsp3) is 0. The molecule has 0 bridgehead atoms. The molecular weight excluding hydrogens is 1380 g/mol. The van der Waals surface area contributed by atoms with E-state index in [2.05, 4.69) is 361 Å². The van der Waals surface area contributed by atoms with Gasteiger partial charge in [-0.15, -0.1) is 22.7 Å². The van der Waals surface area contributed by atoms with Crippen molar-refractivity contribution in [2.75, 3.05) is 0 Å². The molecule has 0 radical (unpaired) electrons. The molecule has 8 nitrogen and oxygen atoms in total. The normalized spacial score (nSPS) is 12.0. The second-order valence-corrected chi connectivity index (χ2v) is 30.4. The smallest absolute Gasteiger partial charge is 0.235 e. The van der Waals surface area contributed by atoms with E-state index < -0.39 is 0 Å². The molecule has 0 aliphatic rings. The zero-order valence-electron chi connectivity index (χ0n) is 58.8. The Morgan fingerprint density at radius 1 is 0.227 bits per heavy atom. The number of hydrogen-bond donors (Lipinski definition) is 0. The molecule has 0 aliphatic carbocycles. The van der Waals surface area contributed by atoms with Crippen molar-refractivity contribution in [2.45, 2.75) is 0 Å². The van der Waals surface area contributed by atoms with Crippen molar-refractivity contribution < 1.29 is 8.83 Å². The van der Waals surface area contributed by atoms with Crippen LogP contribution in [-0.4, -0.2) is 29.1 Å². The van der Waals surface area contributed by atoms with E-state index in [0.29, 0.717) is 11.9 Å². The van der Waals surface area contributed by atoms with Gasteiger partial charge in [-0.05, 0) is 145 Å². The van der Waals surface area contributed by atoms with Crippen molar-refractivity contribution >= 4 is 172 Å². The zero-order valence-corrected chi connectivity index (χ0v) is 60.4. The van der Waals surface area contributed by atoms with Crippen LogP contribution in [-0.2, 0) is 0 Å². The number of rotatable bonds is 8. The van der Waals surface area contributed by atoms with E-state index in [1.165, 1.54) is 69.9 Å². The minimum atomic E-state index is 0.636. The van der Waals surface area contributed by atoms with Crippen molar-refractivity contribution in [3.05, 3.63) is 352 Å². The molecule has 24 rings (SSSR count). The van der Waals surface area contributed by atoms with Gasteiger partial charge in [0, 0.05) is 63.6 Å². The minimum Gasteiger partial charge on any atom is -0.455 e. The molecule has 0 amide bonds. The second-order valence-electron chi connectivity index (χ2n) is 28.2. The van der Waals surface area contributed by atoms with Crippen molar-refractivity contribution in [1.82, 2.24) is 29.1 Å². The topological polar surface area (TPSA) is 87.7 Å². The van der Waals surface area contributed by atoms with E-state index in [1.54, 1.807) is 22.7 Å². The predicted octanol–water partition coefficient (Wildman–Crippen LogP) is 28.0. The van der Waals surface area contributed by atoms with Gasteiger partial charge in [-0.1, -0.05) is 273 Å². The molecule has 0 aliphatic heterocycles. The van der Waals surface area contributed by atoms with Crippen LogP contribution in [0.1, 0.15) is 0 Å². The van der Waals surface area contributed by atoms with Crippen LogP contribution in [0.15, 0.2) is 361 Å². The third kappa shape index (κ3) is 9.76. The average molecular weight is 1440 g/mol. The van der Waals surface area contributed by atoms with Crippen LogP contribution in [0.3, 0.4) is 0 Å². The van der Waals surface area contributed by atoms with Gasteiger partial charge in [0.2, 0.25) is 11.9 Å². The van der Waals surface area contributed by atoms with Crippen LogP contribution in [0.4, 0.5) is 0 Å². The summed E-state index contributed by atoms with van der Waals surface area (Å²) in [7, 11) is 0. The fourth-order valence-corrected chi connectivity index (χ4v) is 19.3. The Kier molecular flexibility index (Phi) is 13.9. The van der Waals surface area contributed by atoms with E-state index in [-0.39, 0.29) is 0 Å². The Bertz CT molecular complexity index is 7890. The van der Waals surface area contributed by atoms with Gasteiger partial charge in [0.15, 0.2) is 0 Å². The molecule has 0 fully saturated rings. The van der Waals surface area contributed by atoms with E-state index in [0.717, 1.165) is 147 Å². The average Bonchev–Trinajstić information content (AvgIpc) is 1.55. The van der Waals surface area contributed by atoms with Crippen LogP contribution >= 0.6 is 22.7 Å². The molecule has 8 aromatic heterocycles. The first-order valence-electron chi connectivity index (χ1n) is 37.0. The molecular formula is C100H58N6O2S2. The first-order chi connectivity index (χ1) is 54.5. The molecule has 24 aromatic rings. The number of nitrogens with zero attached hydrogens (tertiary/aromatic N) is 6. The summed E-state index contributed by atoms with van der Waals surface area (Å²) in [5.74, 6) is 1.27. The van der Waals surface area contributed by atoms with Gasteiger partial charge in [0.1, 0.15) is 22.3 Å². The number of aromatic nitrogens is 6. The maximum atomic E-state index is 6.86. The summed E-state index contributed by atoms with van der Waals surface area (Å²) in [6.45, 7) is 0. The fourth-order valence-electron chi connectivity index (χ4n) is 17.0. The van der Waals surface area contributed by atoms with Crippen LogP contribution in [0, 0.1) is 0 Å². The second kappa shape index (κ2) is 24.7. The number of benzene rings is 16. The maximum Gasteiger partial charge on any atom is 0.235 e. The molecule has 0 saturated carbocycles. The monoisotopic (exact) mass is 1440 g/mol. The number of thiophene rings is 2. The van der Waals surface area contributed by atoms with Gasteiger partial charge in [-0.2, -0.15) is 0 Å². The molecule has 0 spiro atoms. The summed E-state index contributed by atoms with van der Waals surface area (Å²) in [4.78, 5) is 21.7. The van der Waals surface area contributed by atoms with Crippen LogP contribution in [0.2, 0.25) is 0 Å². The molecule has 0 unspecified atom stereocenters. The van der Waals surface area contributed by atoms with Gasteiger partial charge >= 0.3 is 0 Å². The Balaban J connectivity index is 0.000000132. The van der Waals surface area contributed by atoms with Gasteiger partial charge in [-0.3, -0.25) is 9.13 Å². The standard InChI is InChI=1S/2C50H29N3OS/c1-3-12-30(13-4-1)32-16-11-17-35(29-32)46-49-47(38-19-8-10-21-43(38)55-49)52-50(51-46)53-40-20-9-7-18-37(40)45-41(53)26-25-39-44-36-24-22-33(31-14-5-2-6-15-31)28-34(36)23-27-42(44)54-48(39)45;1-3-11-30(12-4-1)32-19-21-33(22-20-32)46-49-47(38-16-8-10-18-43(38)55-49)52-50(51-46)53-40-17-9-7-15-37(40)45-41(53)27-26-39-44-36-25-23-34(31-13-5-2-6-14-31)29-35(36)24-28-42(44)54-48(39)45/h2*1-29H. The van der Waals surface area contributed by atoms with Crippen molar-refractivity contribution in [1.29, 1.82) is 0 Å². The third-order valence-electron chi connectivity index (χ3n) is 22.0. The highest BCUT2D eigenvalue weighted by atomic mass is 32.1. The molecule has 16 aromatic carbocycles. The van der Waals surface area contributed by atoms with Crippen molar-refractivity contribution in [3.8, 4) is 78.9 Å². The Labute approximate surface area is 636 Å². The van der Waals surface area contributed by atoms with E-state index in [1.807, 2.05) is 0 Å². The number of furan rings is 2. The lowest BCUT2D eigenvalue weighted by Crippen LogP contribution is -2.02. The lowest BCUT2D eigenvalue weighted by molar-refractivity contribution is 0.673. The summed E-state index contributed by atoms with van der Waals surface area (Å²) in [6.07, 6.45) is 0. The SMILES string of the molecule is c1ccc(-c2ccc(-c3nc(-n4c5ccccc5c5c6oc7ccc8cc(-c9ccccc9)ccc8c7c6ccc54)nc4c3sc3ccccc34)cc2)cc1.c1ccc(-c2cccc(-c3nc(-n4c5ccccc5c5c6oc7ccc8cc(-c9ccccc9)ccc8c7c6ccc54)nc4c3sc3ccccc34)c2)cc1. The highest BCUT2D eigenvalue weighted by Gasteiger charge is 2.27. The molecule has 0 atom stereocenters. The molecule has 10 heteroatoms. The first-order valence-corrected chi connectivity index (χ1v) is 38.6. The van der Waals surface area contributed by atoms with Crippen molar-refractivity contribution in [2.24, 2.45) is 0 Å². The van der Waals surface area contributed by atoms with Gasteiger partial charge in [0.05, 0.1) is 64.7 Å². The van der Waals surface area contributed by atoms with Gasteiger partial charge in [-0.25, -0.2) is 19.9 Å². The maximum absolute atomic E-state index is 6.86. The van der Waals surface area contributed by atoms with Crippen LogP contribution in [0.25, 0.3) is 229 Å². The highest BCUT2D eigenvalue weighted by molar-refractivity contribution is 7.26. The quantitative estimate of drug-likeness (QED) is 0.151. The zero-order chi connectivity index (χ0) is 72.1. The summed E-state index contributed by atoms with van der Waals surface area (Å²) in [5, 5.41) is 15.8. The number of hydrogen-bond acceptors (Lipinski definition) is 8. The summed E-state index contributed by atoms with van der Waals surface area (Å²) in [5.41, 5.74) is 23.0. The van der Waals surface area contributed by atoms with E-state index in [9.17, 15) is 0 Å². The minimum absolute atomic E-state index is 0.636. The molecule has 8 heterocycles. The Hall–Kier alpha value is -14.2. The van der Waals surface area contributed by atoms with Gasteiger partial charge < -0.3 is 8.83 Å². The summed E-state index contributed by atoms with van der Waals surface area (Å²) >= 11 is 3.51. The molecule has 0 N–H and O–H groups in total. The summed E-state index contributed by atoms with van der Waals surface area (Å²) < 4.78 is 22.7. The summed E-state index contributed by atoms with van der Waals surface area (Å²) in [6, 6.07) is 125. The molecule has 512 valence electrons. The van der Waals surface area contributed by atoms with E-state index in [4.69, 9.17) is 28.8 Å². The Morgan fingerprint density at radius 2 is 0.582 bits per heavy atom. The first kappa shape index (κ1) is 62.1. The van der Waals surface area contributed by atoms with Crippen LogP contribution in [0.5, 0.6) is 0 Å². The predicted molar refractivity (Wildman–Crippen MR) is 461 cm³/mol. The molecule has 0 saturated heterocycles. The van der Waals surface area contributed by atoms with E-state index >= 15 is 0 Å². The van der Waals surface area contributed by atoms with Crippen molar-refractivity contribution in [3.63, 3.8) is 0 Å². The van der Waals surface area contributed by atoms with Crippen LogP contribution < -0.4 is 0 Å². The Morgan fingerprint density at radius 3 is 1.05 bits per heavy atom. The third-order valence-corrected chi connectivity index (χ3v) is 24.4. The number of fused-ring (bicyclic) bond motifs is 24. The lowest BCUT2D eigenvalue weighted by atomic mass is 9.98. The molecule has 110 heavy (non-hydrogen) atoms. The lowest BCUT2D eigenvalue weighted by Gasteiger charge is -2.11. The largest absolute Gasteiger partial charge is 0.455 e. The number of para-hydroxylation sites is 2.